The van der Waals surface area contributed by atoms with E-state index < -0.39 is 0 Å². The molecule has 1 aliphatic rings. The Morgan fingerprint density at radius 2 is 2.17 bits per heavy atom. The van der Waals surface area contributed by atoms with Gasteiger partial charge in [0.25, 0.3) is 0 Å². The Morgan fingerprint density at radius 3 is 2.67 bits per heavy atom. The van der Waals surface area contributed by atoms with Crippen LogP contribution >= 0.6 is 0 Å². The molecule has 12 heavy (non-hydrogen) atoms. The van der Waals surface area contributed by atoms with Crippen LogP contribution in [0.4, 0.5) is 0 Å². The molecule has 1 atom stereocenters. The van der Waals surface area contributed by atoms with Crippen LogP contribution in [0.3, 0.4) is 0 Å². The summed E-state index contributed by atoms with van der Waals surface area (Å²) in [6.07, 6.45) is 5.79. The molecule has 0 aromatic rings. The molecule has 0 spiro atoms. The van der Waals surface area contributed by atoms with Gasteiger partial charge >= 0.3 is 82.9 Å². The van der Waals surface area contributed by atoms with E-state index in [1.54, 1.807) is 0 Å². The monoisotopic (exact) mass is 231 g/mol. The van der Waals surface area contributed by atoms with Crippen molar-refractivity contribution in [3.63, 3.8) is 0 Å². The normalized spacial score (nSPS) is 19.2. The summed E-state index contributed by atoms with van der Waals surface area (Å²) >= 11 is 3.20. The number of likely N-dealkylation sites (tertiary alicyclic amines) is 1. The maximum atomic E-state index is 3.76. The van der Waals surface area contributed by atoms with Gasteiger partial charge in [0.2, 0.25) is 0 Å². The van der Waals surface area contributed by atoms with Gasteiger partial charge in [-0.05, 0) is 0 Å². The van der Waals surface area contributed by atoms with Gasteiger partial charge in [-0.25, -0.2) is 0 Å². The summed E-state index contributed by atoms with van der Waals surface area (Å²) in [7, 11) is 0. The first-order chi connectivity index (χ1) is 5.75. The van der Waals surface area contributed by atoms with Crippen LogP contribution in [0.2, 0.25) is 0 Å². The second-order valence-corrected chi connectivity index (χ2v) is 4.34. The third kappa shape index (κ3) is 2.46. The van der Waals surface area contributed by atoms with Crippen LogP contribution in [-0.4, -0.2) is 38.1 Å². The van der Waals surface area contributed by atoms with Crippen LogP contribution in [0, 0.1) is 5.92 Å². The number of hydrogen-bond acceptors (Lipinski definition) is 1. The van der Waals surface area contributed by atoms with Crippen LogP contribution in [0.1, 0.15) is 26.2 Å². The second kappa shape index (κ2) is 4.83. The first-order valence-electron chi connectivity index (χ1n) is 4.65. The Bertz CT molecular complexity index is 171. The molecule has 1 aliphatic heterocycles. The molecule has 1 rings (SSSR count). The molecule has 0 bridgehead atoms. The minimum atomic E-state index is 0.626. The third-order valence-corrected chi connectivity index (χ3v) is 3.75. The number of nitrogens with zero attached hydrogens (tertiary/aromatic N) is 1. The Kier molecular flexibility index (Phi) is 4.03. The van der Waals surface area contributed by atoms with Gasteiger partial charge in [0.1, 0.15) is 0 Å². The molecule has 1 saturated heterocycles. The molecule has 0 N–H and O–H groups in total. The van der Waals surface area contributed by atoms with Crippen molar-refractivity contribution in [3.05, 3.63) is 12.7 Å². The van der Waals surface area contributed by atoms with Gasteiger partial charge in [-0.1, -0.05) is 0 Å². The molecular weight excluding hydrogens is 213 g/mol. The molecule has 1 nitrogen and oxygen atoms in total. The van der Waals surface area contributed by atoms with E-state index >= 15 is 0 Å². The zero-order chi connectivity index (χ0) is 8.97. The van der Waals surface area contributed by atoms with Crippen LogP contribution in [-0.2, 0) is 0 Å². The fourth-order valence-corrected chi connectivity index (χ4v) is 2.18. The molecule has 0 aliphatic carbocycles. The SMILES string of the molecule is C=CCC(C)C(=[Se])N1CCCC1. The van der Waals surface area contributed by atoms with E-state index in [-0.39, 0.29) is 0 Å². The zero-order valence-corrected chi connectivity index (χ0v) is 9.47. The van der Waals surface area contributed by atoms with E-state index in [1.165, 1.54) is 30.5 Å². The van der Waals surface area contributed by atoms with Crippen molar-refractivity contribution in [1.82, 2.24) is 4.90 Å². The van der Waals surface area contributed by atoms with Crippen molar-refractivity contribution in [2.45, 2.75) is 26.2 Å². The van der Waals surface area contributed by atoms with E-state index in [1.807, 2.05) is 6.08 Å². The molecule has 1 fully saturated rings. The molecule has 1 heterocycles. The Morgan fingerprint density at radius 1 is 1.58 bits per heavy atom. The van der Waals surface area contributed by atoms with Crippen molar-refractivity contribution in [2.75, 3.05) is 13.1 Å². The maximum absolute atomic E-state index is 3.76. The summed E-state index contributed by atoms with van der Waals surface area (Å²) in [5.41, 5.74) is 0. The fourth-order valence-electron chi connectivity index (χ4n) is 1.60. The van der Waals surface area contributed by atoms with E-state index in [4.69, 9.17) is 0 Å². The standard InChI is InChI=1S/C10H17NSe/c1-3-6-9(2)10(12)11-7-4-5-8-11/h3,9H,1,4-8H2,2H3. The predicted octanol–water partition coefficient (Wildman–Crippen LogP) is 1.59. The van der Waals surface area contributed by atoms with E-state index in [0.717, 1.165) is 6.42 Å². The van der Waals surface area contributed by atoms with Gasteiger partial charge < -0.3 is 0 Å². The predicted molar refractivity (Wildman–Crippen MR) is 55.5 cm³/mol. The zero-order valence-electron chi connectivity index (χ0n) is 7.75. The molecule has 0 saturated carbocycles. The Hall–Kier alpha value is -0.0705. The van der Waals surface area contributed by atoms with Crippen molar-refractivity contribution in [2.24, 2.45) is 5.92 Å². The summed E-state index contributed by atoms with van der Waals surface area (Å²) in [5.74, 6) is 0.626. The van der Waals surface area contributed by atoms with Gasteiger partial charge in [0.05, 0.1) is 0 Å². The first kappa shape index (κ1) is 10.0. The van der Waals surface area contributed by atoms with Crippen LogP contribution in [0.5, 0.6) is 0 Å². The summed E-state index contributed by atoms with van der Waals surface area (Å²) in [4.78, 5) is 2.47. The fraction of sp³-hybridized carbons (Fsp3) is 0.700. The molecule has 2 heteroatoms. The van der Waals surface area contributed by atoms with Crippen LogP contribution in [0.15, 0.2) is 12.7 Å². The van der Waals surface area contributed by atoms with E-state index in [0.29, 0.717) is 5.92 Å². The Labute approximate surface area is 83.2 Å². The van der Waals surface area contributed by atoms with E-state index in [2.05, 4.69) is 34.0 Å². The van der Waals surface area contributed by atoms with E-state index in [9.17, 15) is 0 Å². The van der Waals surface area contributed by atoms with Crippen molar-refractivity contribution in [1.29, 1.82) is 0 Å². The molecule has 0 amide bonds. The summed E-state index contributed by atoms with van der Waals surface area (Å²) in [6, 6.07) is 0. The van der Waals surface area contributed by atoms with Gasteiger partial charge in [-0.15, -0.1) is 0 Å². The summed E-state index contributed by atoms with van der Waals surface area (Å²) in [6.45, 7) is 8.50. The summed E-state index contributed by atoms with van der Waals surface area (Å²) in [5, 5.41) is 0. The third-order valence-electron chi connectivity index (χ3n) is 2.36. The molecule has 0 aromatic carbocycles. The number of allylic oxidation sites excluding steroid dienone is 1. The average molecular weight is 230 g/mol. The topological polar surface area (TPSA) is 3.24 Å². The van der Waals surface area contributed by atoms with Crippen molar-refractivity contribution >= 4 is 20.1 Å². The quantitative estimate of drug-likeness (QED) is 0.523. The van der Waals surface area contributed by atoms with Gasteiger partial charge in [-0.2, -0.15) is 0 Å². The first-order valence-corrected chi connectivity index (χ1v) is 5.51. The van der Waals surface area contributed by atoms with Gasteiger partial charge in [0, 0.05) is 0 Å². The molecule has 0 aromatic heterocycles. The number of rotatable bonds is 4. The number of hydrogen-bond donors (Lipinski definition) is 0. The van der Waals surface area contributed by atoms with Crippen LogP contribution < -0.4 is 0 Å². The van der Waals surface area contributed by atoms with Crippen LogP contribution in [0.25, 0.3) is 0 Å². The molecule has 0 radical (unpaired) electrons. The second-order valence-electron chi connectivity index (χ2n) is 3.46. The van der Waals surface area contributed by atoms with Gasteiger partial charge in [0.15, 0.2) is 0 Å². The summed E-state index contributed by atoms with van der Waals surface area (Å²) < 4.78 is 1.42. The Balaban J connectivity index is 2.39. The molecule has 68 valence electrons. The van der Waals surface area contributed by atoms with Crippen molar-refractivity contribution in [3.8, 4) is 0 Å². The van der Waals surface area contributed by atoms with Crippen molar-refractivity contribution < 1.29 is 0 Å². The minimum absolute atomic E-state index is 0.626. The van der Waals surface area contributed by atoms with Gasteiger partial charge in [-0.3, -0.25) is 0 Å². The average Bonchev–Trinajstić information content (AvgIpc) is 2.55. The molecule has 1 unspecified atom stereocenters. The molecular formula is C10H17NSe.